The van der Waals surface area contributed by atoms with E-state index in [-0.39, 0.29) is 16.9 Å². The molecular formula is C11H23NO2. The van der Waals surface area contributed by atoms with Crippen LogP contribution in [0.4, 0.5) is 4.79 Å². The van der Waals surface area contributed by atoms with E-state index in [1.807, 2.05) is 0 Å². The van der Waals surface area contributed by atoms with Crippen molar-refractivity contribution in [1.29, 1.82) is 0 Å². The van der Waals surface area contributed by atoms with Gasteiger partial charge in [-0.1, -0.05) is 34.6 Å². The highest BCUT2D eigenvalue weighted by atomic mass is 16.5. The van der Waals surface area contributed by atoms with Crippen molar-refractivity contribution >= 4 is 6.09 Å². The third-order valence-electron chi connectivity index (χ3n) is 3.19. The first-order valence-corrected chi connectivity index (χ1v) is 5.05. The number of hydrogen-bond donors (Lipinski definition) is 1. The third-order valence-corrected chi connectivity index (χ3v) is 3.19. The van der Waals surface area contributed by atoms with Crippen molar-refractivity contribution in [3.8, 4) is 0 Å². The maximum absolute atomic E-state index is 10.8. The average molecular weight is 201 g/mol. The van der Waals surface area contributed by atoms with E-state index in [1.165, 1.54) is 0 Å². The maximum atomic E-state index is 10.8. The standard InChI is InChI=1S/C11H23NO2/c1-10(2,3)11(4,5)7-8-14-9(13)12-6/h7-8H2,1-6H3,(H,12,13). The molecule has 3 nitrogen and oxygen atoms in total. The number of carbonyl (C=O) groups is 1. The molecule has 0 bridgehead atoms. The number of ether oxygens (including phenoxy) is 1. The van der Waals surface area contributed by atoms with Crippen LogP contribution in [-0.4, -0.2) is 19.7 Å². The summed E-state index contributed by atoms with van der Waals surface area (Å²) in [5.74, 6) is 0. The average Bonchev–Trinajstić information content (AvgIpc) is 2.01. The Kier molecular flexibility index (Phi) is 4.43. The molecule has 84 valence electrons. The maximum Gasteiger partial charge on any atom is 0.406 e. The molecule has 0 saturated carbocycles. The molecule has 0 unspecified atom stereocenters. The summed E-state index contributed by atoms with van der Waals surface area (Å²) in [5, 5.41) is 2.43. The van der Waals surface area contributed by atoms with E-state index in [0.29, 0.717) is 6.61 Å². The fraction of sp³-hybridized carbons (Fsp3) is 0.909. The lowest BCUT2D eigenvalue weighted by Crippen LogP contribution is -2.32. The van der Waals surface area contributed by atoms with Crippen LogP contribution in [0.25, 0.3) is 0 Å². The van der Waals surface area contributed by atoms with Gasteiger partial charge in [0.2, 0.25) is 0 Å². The first-order chi connectivity index (χ1) is 6.20. The molecule has 0 aromatic rings. The van der Waals surface area contributed by atoms with Gasteiger partial charge in [-0.3, -0.25) is 0 Å². The zero-order chi connectivity index (χ0) is 11.4. The molecule has 0 radical (unpaired) electrons. The SMILES string of the molecule is CNC(=O)OCCC(C)(C)C(C)(C)C. The van der Waals surface area contributed by atoms with Crippen LogP contribution in [0.1, 0.15) is 41.0 Å². The number of hydrogen-bond acceptors (Lipinski definition) is 2. The zero-order valence-electron chi connectivity index (χ0n) is 10.2. The van der Waals surface area contributed by atoms with E-state index in [4.69, 9.17) is 4.74 Å². The van der Waals surface area contributed by atoms with Crippen LogP contribution in [0.5, 0.6) is 0 Å². The molecule has 0 aliphatic heterocycles. The molecule has 0 heterocycles. The molecule has 0 aliphatic carbocycles. The lowest BCUT2D eigenvalue weighted by molar-refractivity contribution is 0.0756. The summed E-state index contributed by atoms with van der Waals surface area (Å²) < 4.78 is 4.97. The highest BCUT2D eigenvalue weighted by molar-refractivity contribution is 5.66. The summed E-state index contributed by atoms with van der Waals surface area (Å²) in [5.41, 5.74) is 0.389. The van der Waals surface area contributed by atoms with Crippen LogP contribution in [0.2, 0.25) is 0 Å². The van der Waals surface area contributed by atoms with Gasteiger partial charge < -0.3 is 10.1 Å². The second kappa shape index (κ2) is 4.67. The summed E-state index contributed by atoms with van der Waals surface area (Å²) >= 11 is 0. The van der Waals surface area contributed by atoms with Gasteiger partial charge >= 0.3 is 6.09 Å². The van der Waals surface area contributed by atoms with E-state index < -0.39 is 0 Å². The van der Waals surface area contributed by atoms with Gasteiger partial charge in [-0.2, -0.15) is 0 Å². The van der Waals surface area contributed by atoms with Crippen molar-refractivity contribution in [2.45, 2.75) is 41.0 Å². The molecule has 0 aromatic carbocycles. The Morgan fingerprint density at radius 2 is 1.71 bits per heavy atom. The van der Waals surface area contributed by atoms with Crippen LogP contribution < -0.4 is 5.32 Å². The van der Waals surface area contributed by atoms with E-state index in [9.17, 15) is 4.79 Å². The third kappa shape index (κ3) is 3.99. The Morgan fingerprint density at radius 1 is 1.21 bits per heavy atom. The van der Waals surface area contributed by atoms with Crippen molar-refractivity contribution in [2.75, 3.05) is 13.7 Å². The van der Waals surface area contributed by atoms with E-state index >= 15 is 0 Å². The Balaban J connectivity index is 3.95. The Labute approximate surface area is 87.2 Å². The Bertz CT molecular complexity index is 192. The van der Waals surface area contributed by atoms with Crippen molar-refractivity contribution < 1.29 is 9.53 Å². The predicted molar refractivity (Wildman–Crippen MR) is 58.3 cm³/mol. The highest BCUT2D eigenvalue weighted by Crippen LogP contribution is 2.40. The predicted octanol–water partition coefficient (Wildman–Crippen LogP) is 2.80. The van der Waals surface area contributed by atoms with Crippen LogP contribution >= 0.6 is 0 Å². The van der Waals surface area contributed by atoms with Gasteiger partial charge in [0.1, 0.15) is 0 Å². The first kappa shape index (κ1) is 13.3. The van der Waals surface area contributed by atoms with Crippen LogP contribution in [0.15, 0.2) is 0 Å². The molecule has 0 saturated heterocycles. The minimum atomic E-state index is -0.352. The molecular weight excluding hydrogens is 178 g/mol. The van der Waals surface area contributed by atoms with Gasteiger partial charge in [0.15, 0.2) is 0 Å². The van der Waals surface area contributed by atoms with Gasteiger partial charge in [-0.15, -0.1) is 0 Å². The molecule has 14 heavy (non-hydrogen) atoms. The minimum Gasteiger partial charge on any atom is -0.450 e. The van der Waals surface area contributed by atoms with Gasteiger partial charge in [0, 0.05) is 7.05 Å². The first-order valence-electron chi connectivity index (χ1n) is 5.05. The van der Waals surface area contributed by atoms with Crippen molar-refractivity contribution in [3.63, 3.8) is 0 Å². The highest BCUT2D eigenvalue weighted by Gasteiger charge is 2.32. The van der Waals surface area contributed by atoms with Crippen LogP contribution in [-0.2, 0) is 4.74 Å². The smallest absolute Gasteiger partial charge is 0.406 e. The molecule has 1 amide bonds. The van der Waals surface area contributed by atoms with Gasteiger partial charge in [0.25, 0.3) is 0 Å². The number of alkyl carbamates (subject to hydrolysis) is 1. The minimum absolute atomic E-state index is 0.168. The molecule has 0 aromatic heterocycles. The monoisotopic (exact) mass is 201 g/mol. The second-order valence-electron chi connectivity index (χ2n) is 5.27. The van der Waals surface area contributed by atoms with Crippen molar-refractivity contribution in [2.24, 2.45) is 10.8 Å². The summed E-state index contributed by atoms with van der Waals surface area (Å²) in [7, 11) is 1.57. The van der Waals surface area contributed by atoms with Gasteiger partial charge in [0.05, 0.1) is 6.61 Å². The van der Waals surface area contributed by atoms with Crippen LogP contribution in [0, 0.1) is 10.8 Å². The lowest BCUT2D eigenvalue weighted by Gasteiger charge is -2.38. The fourth-order valence-corrected chi connectivity index (χ4v) is 0.846. The summed E-state index contributed by atoms with van der Waals surface area (Å²) in [6.45, 7) is 11.5. The number of rotatable bonds is 3. The van der Waals surface area contributed by atoms with E-state index in [0.717, 1.165) is 6.42 Å². The molecule has 0 rings (SSSR count). The molecule has 0 aliphatic rings. The molecule has 1 N–H and O–H groups in total. The lowest BCUT2D eigenvalue weighted by atomic mass is 9.67. The van der Waals surface area contributed by atoms with Crippen molar-refractivity contribution in [1.82, 2.24) is 5.32 Å². The van der Waals surface area contributed by atoms with Crippen molar-refractivity contribution in [3.05, 3.63) is 0 Å². The fourth-order valence-electron chi connectivity index (χ4n) is 0.846. The zero-order valence-corrected chi connectivity index (χ0v) is 10.2. The molecule has 0 atom stereocenters. The van der Waals surface area contributed by atoms with E-state index in [2.05, 4.69) is 39.9 Å². The topological polar surface area (TPSA) is 38.3 Å². The van der Waals surface area contributed by atoms with E-state index in [1.54, 1.807) is 7.05 Å². The Hall–Kier alpha value is -0.730. The molecule has 0 spiro atoms. The Morgan fingerprint density at radius 3 is 2.07 bits per heavy atom. The normalized spacial score (nSPS) is 12.4. The largest absolute Gasteiger partial charge is 0.450 e. The van der Waals surface area contributed by atoms with Crippen LogP contribution in [0.3, 0.4) is 0 Å². The quantitative estimate of drug-likeness (QED) is 0.762. The number of carbonyl (C=O) groups excluding carboxylic acids is 1. The summed E-state index contributed by atoms with van der Waals surface area (Å²) in [4.78, 5) is 10.8. The summed E-state index contributed by atoms with van der Waals surface area (Å²) in [6.07, 6.45) is 0.527. The summed E-state index contributed by atoms with van der Waals surface area (Å²) in [6, 6.07) is 0. The van der Waals surface area contributed by atoms with Gasteiger partial charge in [-0.05, 0) is 17.3 Å². The second-order valence-corrected chi connectivity index (χ2v) is 5.27. The molecule has 0 fully saturated rings. The number of amides is 1. The molecule has 3 heteroatoms. The van der Waals surface area contributed by atoms with Gasteiger partial charge in [-0.25, -0.2) is 4.79 Å². The number of nitrogens with one attached hydrogen (secondary N) is 1.